The lowest BCUT2D eigenvalue weighted by atomic mass is 10.3. The average Bonchev–Trinajstić information content (AvgIpc) is 2.30. The van der Waals surface area contributed by atoms with E-state index in [2.05, 4.69) is 10.3 Å². The van der Waals surface area contributed by atoms with Crippen LogP contribution in [0.3, 0.4) is 0 Å². The van der Waals surface area contributed by atoms with Crippen molar-refractivity contribution in [2.45, 2.75) is 11.3 Å². The Hall–Kier alpha value is -1.05. The summed E-state index contributed by atoms with van der Waals surface area (Å²) < 4.78 is 22.1. The highest BCUT2D eigenvalue weighted by molar-refractivity contribution is 8.14. The standard InChI is InChI=1S/C10H13N3O2S2/c11-17(14,15)9-4-2-8(3-5-9)13-10-12-6-1-7-16-10/h2-5H,1,6-7H2,(H,12,13)(H2,11,14,15). The molecule has 1 aromatic carbocycles. The second kappa shape index (κ2) is 5.07. The zero-order valence-corrected chi connectivity index (χ0v) is 10.7. The molecule has 0 unspecified atom stereocenters. The van der Waals surface area contributed by atoms with Gasteiger partial charge in [0.25, 0.3) is 0 Å². The molecule has 0 saturated carbocycles. The third kappa shape index (κ3) is 3.45. The van der Waals surface area contributed by atoms with Crippen LogP contribution in [-0.4, -0.2) is 25.9 Å². The van der Waals surface area contributed by atoms with Crippen molar-refractivity contribution in [1.29, 1.82) is 0 Å². The molecule has 0 aliphatic carbocycles. The van der Waals surface area contributed by atoms with E-state index in [1.807, 2.05) is 0 Å². The molecule has 0 spiro atoms. The van der Waals surface area contributed by atoms with E-state index in [0.29, 0.717) is 0 Å². The first-order valence-electron chi connectivity index (χ1n) is 5.13. The Morgan fingerprint density at radius 1 is 1.29 bits per heavy atom. The number of thioether (sulfide) groups is 1. The number of sulfonamides is 1. The quantitative estimate of drug-likeness (QED) is 0.847. The number of nitrogens with one attached hydrogen (secondary N) is 1. The van der Waals surface area contributed by atoms with Gasteiger partial charge < -0.3 is 5.32 Å². The zero-order valence-electron chi connectivity index (χ0n) is 9.09. The predicted molar refractivity (Wildman–Crippen MR) is 70.8 cm³/mol. The monoisotopic (exact) mass is 271 g/mol. The van der Waals surface area contributed by atoms with Gasteiger partial charge >= 0.3 is 0 Å². The van der Waals surface area contributed by atoms with Crippen molar-refractivity contribution in [2.24, 2.45) is 10.1 Å². The fraction of sp³-hybridized carbons (Fsp3) is 0.300. The number of benzene rings is 1. The number of anilines is 1. The van der Waals surface area contributed by atoms with Crippen LogP contribution in [-0.2, 0) is 10.0 Å². The highest BCUT2D eigenvalue weighted by atomic mass is 32.2. The van der Waals surface area contributed by atoms with Gasteiger partial charge in [0.05, 0.1) is 4.90 Å². The van der Waals surface area contributed by atoms with E-state index in [1.54, 1.807) is 23.9 Å². The van der Waals surface area contributed by atoms with Crippen molar-refractivity contribution in [2.75, 3.05) is 17.6 Å². The van der Waals surface area contributed by atoms with Crippen LogP contribution in [0, 0.1) is 0 Å². The Labute approximate surface area is 105 Å². The van der Waals surface area contributed by atoms with E-state index >= 15 is 0 Å². The minimum Gasteiger partial charge on any atom is -0.335 e. The Kier molecular flexibility index (Phi) is 3.70. The Morgan fingerprint density at radius 2 is 2.00 bits per heavy atom. The van der Waals surface area contributed by atoms with Gasteiger partial charge in [-0.05, 0) is 30.7 Å². The molecule has 17 heavy (non-hydrogen) atoms. The van der Waals surface area contributed by atoms with E-state index in [4.69, 9.17) is 5.14 Å². The van der Waals surface area contributed by atoms with Gasteiger partial charge in [-0.15, -0.1) is 0 Å². The summed E-state index contributed by atoms with van der Waals surface area (Å²) in [7, 11) is -3.62. The molecule has 1 heterocycles. The van der Waals surface area contributed by atoms with Gasteiger partial charge in [-0.3, -0.25) is 4.99 Å². The van der Waals surface area contributed by atoms with Crippen LogP contribution in [0.5, 0.6) is 0 Å². The maximum absolute atomic E-state index is 11.1. The molecule has 0 amide bonds. The van der Waals surface area contributed by atoms with Crippen LogP contribution < -0.4 is 10.5 Å². The van der Waals surface area contributed by atoms with Crippen molar-refractivity contribution < 1.29 is 8.42 Å². The largest absolute Gasteiger partial charge is 0.335 e. The van der Waals surface area contributed by atoms with Gasteiger partial charge in [0.15, 0.2) is 5.17 Å². The summed E-state index contributed by atoms with van der Waals surface area (Å²) in [5.74, 6) is 1.06. The summed E-state index contributed by atoms with van der Waals surface area (Å²) >= 11 is 1.66. The van der Waals surface area contributed by atoms with E-state index in [9.17, 15) is 8.42 Å². The SMILES string of the molecule is NS(=O)(=O)c1ccc(NC2=NCCCS2)cc1. The lowest BCUT2D eigenvalue weighted by Gasteiger charge is -2.13. The maximum Gasteiger partial charge on any atom is 0.238 e. The third-order valence-electron chi connectivity index (χ3n) is 2.23. The summed E-state index contributed by atoms with van der Waals surface area (Å²) in [4.78, 5) is 4.43. The first-order valence-corrected chi connectivity index (χ1v) is 7.66. The van der Waals surface area contributed by atoms with Crippen LogP contribution in [0.2, 0.25) is 0 Å². The molecule has 92 valence electrons. The number of nitrogens with two attached hydrogens (primary N) is 1. The predicted octanol–water partition coefficient (Wildman–Crippen LogP) is 1.24. The van der Waals surface area contributed by atoms with Crippen molar-refractivity contribution in [3.05, 3.63) is 24.3 Å². The second-order valence-corrected chi connectivity index (χ2v) is 6.23. The van der Waals surface area contributed by atoms with Gasteiger partial charge in [0.2, 0.25) is 10.0 Å². The minimum atomic E-state index is -3.62. The summed E-state index contributed by atoms with van der Waals surface area (Å²) in [6.45, 7) is 0.838. The van der Waals surface area contributed by atoms with Crippen LogP contribution in [0.4, 0.5) is 5.69 Å². The van der Waals surface area contributed by atoms with E-state index in [0.717, 1.165) is 29.6 Å². The molecule has 0 saturated heterocycles. The van der Waals surface area contributed by atoms with Gasteiger partial charge in [-0.1, -0.05) is 11.8 Å². The molecule has 2 rings (SSSR count). The van der Waals surface area contributed by atoms with Crippen molar-refractivity contribution in [3.63, 3.8) is 0 Å². The Morgan fingerprint density at radius 3 is 2.53 bits per heavy atom. The van der Waals surface area contributed by atoms with Gasteiger partial charge in [0, 0.05) is 18.0 Å². The fourth-order valence-electron chi connectivity index (χ4n) is 1.39. The van der Waals surface area contributed by atoms with Crippen LogP contribution in [0.15, 0.2) is 34.2 Å². The first kappa shape index (κ1) is 12.4. The molecule has 0 fully saturated rings. The summed E-state index contributed by atoms with van der Waals surface area (Å²) in [5, 5.41) is 9.03. The summed E-state index contributed by atoms with van der Waals surface area (Å²) in [6.07, 6.45) is 1.10. The topological polar surface area (TPSA) is 84.5 Å². The number of nitrogens with zero attached hydrogens (tertiary/aromatic N) is 1. The van der Waals surface area contributed by atoms with E-state index in [-0.39, 0.29) is 4.90 Å². The van der Waals surface area contributed by atoms with Gasteiger partial charge in [0.1, 0.15) is 0 Å². The normalized spacial score (nSPS) is 16.4. The van der Waals surface area contributed by atoms with E-state index < -0.39 is 10.0 Å². The van der Waals surface area contributed by atoms with Crippen molar-refractivity contribution >= 4 is 32.6 Å². The fourth-order valence-corrected chi connectivity index (χ4v) is 2.74. The zero-order chi connectivity index (χ0) is 12.3. The molecule has 0 bridgehead atoms. The number of primary sulfonamides is 1. The summed E-state index contributed by atoms with van der Waals surface area (Å²) in [5.41, 5.74) is 0.811. The molecular formula is C10H13N3O2S2. The molecule has 1 aliphatic heterocycles. The van der Waals surface area contributed by atoms with Gasteiger partial charge in [-0.25, -0.2) is 13.6 Å². The van der Waals surface area contributed by atoms with Crippen LogP contribution >= 0.6 is 11.8 Å². The molecule has 5 nitrogen and oxygen atoms in total. The molecule has 0 radical (unpaired) electrons. The molecule has 7 heteroatoms. The molecule has 1 aromatic rings. The first-order chi connectivity index (χ1) is 8.05. The number of hydrogen-bond donors (Lipinski definition) is 2. The third-order valence-corrected chi connectivity index (χ3v) is 4.16. The lowest BCUT2D eigenvalue weighted by Crippen LogP contribution is -2.14. The van der Waals surface area contributed by atoms with Crippen LogP contribution in [0.1, 0.15) is 6.42 Å². The highest BCUT2D eigenvalue weighted by Crippen LogP contribution is 2.17. The molecule has 0 aromatic heterocycles. The van der Waals surface area contributed by atoms with Gasteiger partial charge in [-0.2, -0.15) is 0 Å². The Bertz CT molecular complexity index is 523. The lowest BCUT2D eigenvalue weighted by molar-refractivity contribution is 0.598. The number of hydrogen-bond acceptors (Lipinski definition) is 5. The van der Waals surface area contributed by atoms with Crippen LogP contribution in [0.25, 0.3) is 0 Å². The number of amidine groups is 1. The summed E-state index contributed by atoms with van der Waals surface area (Å²) in [6, 6.07) is 6.31. The molecule has 1 aliphatic rings. The molecule has 0 atom stereocenters. The Balaban J connectivity index is 2.11. The van der Waals surface area contributed by atoms with Crippen molar-refractivity contribution in [1.82, 2.24) is 0 Å². The highest BCUT2D eigenvalue weighted by Gasteiger charge is 2.08. The molecular weight excluding hydrogens is 258 g/mol. The average molecular weight is 271 g/mol. The van der Waals surface area contributed by atoms with Crippen molar-refractivity contribution in [3.8, 4) is 0 Å². The number of aliphatic imine (C=N–C) groups is 1. The second-order valence-electron chi connectivity index (χ2n) is 3.58. The minimum absolute atomic E-state index is 0.112. The smallest absolute Gasteiger partial charge is 0.238 e. The van der Waals surface area contributed by atoms with E-state index in [1.165, 1.54) is 12.1 Å². The molecule has 3 N–H and O–H groups in total. The maximum atomic E-state index is 11.1. The number of rotatable bonds is 2.